The first kappa shape index (κ1) is 13.1. The largest absolute Gasteiger partial charge is 0.492 e. The van der Waals surface area contributed by atoms with E-state index in [4.69, 9.17) is 10.5 Å². The van der Waals surface area contributed by atoms with Crippen LogP contribution in [0, 0.1) is 0 Å². The van der Waals surface area contributed by atoms with E-state index in [0.29, 0.717) is 6.61 Å². The second-order valence-electron chi connectivity index (χ2n) is 3.92. The van der Waals surface area contributed by atoms with Crippen molar-refractivity contribution in [3.8, 4) is 5.75 Å². The molecule has 0 spiro atoms. The van der Waals surface area contributed by atoms with E-state index >= 15 is 0 Å². The molecule has 1 unspecified atom stereocenters. The zero-order valence-corrected chi connectivity index (χ0v) is 11.7. The fourth-order valence-corrected chi connectivity index (χ4v) is 2.16. The molecule has 0 bridgehead atoms. The Morgan fingerprint density at radius 3 is 2.83 bits per heavy atom. The predicted octanol–water partition coefficient (Wildman–Crippen LogP) is 3.29. The van der Waals surface area contributed by atoms with Gasteiger partial charge in [0.15, 0.2) is 0 Å². The molecule has 0 aliphatic rings. The van der Waals surface area contributed by atoms with Gasteiger partial charge in [0.25, 0.3) is 0 Å². The van der Waals surface area contributed by atoms with Crippen LogP contribution in [0.5, 0.6) is 5.75 Å². The van der Waals surface area contributed by atoms with Crippen molar-refractivity contribution in [1.29, 1.82) is 0 Å². The van der Waals surface area contributed by atoms with Crippen molar-refractivity contribution in [1.82, 2.24) is 4.98 Å². The average Bonchev–Trinajstić information content (AvgIpc) is 2.39. The topological polar surface area (TPSA) is 48.1 Å². The fraction of sp³-hybridized carbons (Fsp3) is 0.214. The lowest BCUT2D eigenvalue weighted by molar-refractivity contribution is 0.338. The van der Waals surface area contributed by atoms with Gasteiger partial charge in [-0.25, -0.2) is 0 Å². The number of benzene rings is 1. The highest BCUT2D eigenvalue weighted by molar-refractivity contribution is 9.10. The van der Waals surface area contributed by atoms with E-state index in [1.807, 2.05) is 37.3 Å². The molecular weight excluding hydrogens is 292 g/mol. The van der Waals surface area contributed by atoms with Crippen LogP contribution < -0.4 is 10.5 Å². The maximum atomic E-state index is 6.23. The Morgan fingerprint density at radius 2 is 2.11 bits per heavy atom. The number of pyridine rings is 1. The SMILES string of the molecule is CCOc1cncc(C(N)c2cccc(Br)c2)c1. The molecule has 2 N–H and O–H groups in total. The number of hydrogen-bond acceptors (Lipinski definition) is 3. The fourth-order valence-electron chi connectivity index (χ4n) is 1.74. The molecule has 0 aliphatic carbocycles. The maximum absolute atomic E-state index is 6.23. The van der Waals surface area contributed by atoms with Gasteiger partial charge in [-0.2, -0.15) is 0 Å². The molecule has 1 atom stereocenters. The monoisotopic (exact) mass is 306 g/mol. The molecule has 4 heteroatoms. The van der Waals surface area contributed by atoms with Crippen LogP contribution in [-0.2, 0) is 0 Å². The molecule has 1 heterocycles. The number of hydrogen-bond donors (Lipinski definition) is 1. The van der Waals surface area contributed by atoms with E-state index in [1.54, 1.807) is 12.4 Å². The van der Waals surface area contributed by atoms with Gasteiger partial charge in [-0.15, -0.1) is 0 Å². The van der Waals surface area contributed by atoms with E-state index in [1.165, 1.54) is 0 Å². The summed E-state index contributed by atoms with van der Waals surface area (Å²) in [5.74, 6) is 0.750. The van der Waals surface area contributed by atoms with E-state index in [2.05, 4.69) is 20.9 Å². The van der Waals surface area contributed by atoms with Crippen molar-refractivity contribution in [2.45, 2.75) is 13.0 Å². The lowest BCUT2D eigenvalue weighted by Crippen LogP contribution is -2.12. The zero-order chi connectivity index (χ0) is 13.0. The van der Waals surface area contributed by atoms with Gasteiger partial charge in [0.1, 0.15) is 5.75 Å². The smallest absolute Gasteiger partial charge is 0.137 e. The number of halogens is 1. The number of ether oxygens (including phenoxy) is 1. The normalized spacial score (nSPS) is 12.2. The molecular formula is C14H15BrN2O. The van der Waals surface area contributed by atoms with Crippen LogP contribution in [-0.4, -0.2) is 11.6 Å². The molecule has 1 aromatic heterocycles. The molecule has 0 fully saturated rings. The number of nitrogens with two attached hydrogens (primary N) is 1. The third-order valence-electron chi connectivity index (χ3n) is 2.61. The van der Waals surface area contributed by atoms with E-state index in [9.17, 15) is 0 Å². The van der Waals surface area contributed by atoms with Crippen LogP contribution in [0.4, 0.5) is 0 Å². The van der Waals surface area contributed by atoms with Crippen molar-refractivity contribution >= 4 is 15.9 Å². The first-order chi connectivity index (χ1) is 8.70. The summed E-state index contributed by atoms with van der Waals surface area (Å²) in [6.45, 7) is 2.57. The maximum Gasteiger partial charge on any atom is 0.137 e. The highest BCUT2D eigenvalue weighted by Gasteiger charge is 2.10. The highest BCUT2D eigenvalue weighted by Crippen LogP contribution is 2.24. The van der Waals surface area contributed by atoms with Gasteiger partial charge in [0, 0.05) is 10.7 Å². The van der Waals surface area contributed by atoms with Gasteiger partial charge in [-0.05, 0) is 36.2 Å². The van der Waals surface area contributed by atoms with Crippen molar-refractivity contribution in [3.05, 3.63) is 58.3 Å². The summed E-state index contributed by atoms with van der Waals surface area (Å²) in [6.07, 6.45) is 3.47. The summed E-state index contributed by atoms with van der Waals surface area (Å²) in [5.41, 5.74) is 8.22. The van der Waals surface area contributed by atoms with Crippen LogP contribution in [0.1, 0.15) is 24.1 Å². The zero-order valence-electron chi connectivity index (χ0n) is 10.1. The van der Waals surface area contributed by atoms with Crippen molar-refractivity contribution in [2.24, 2.45) is 5.73 Å². The molecule has 0 saturated heterocycles. The second-order valence-corrected chi connectivity index (χ2v) is 4.84. The Kier molecular flexibility index (Phi) is 4.33. The van der Waals surface area contributed by atoms with Gasteiger partial charge in [-0.3, -0.25) is 4.98 Å². The van der Waals surface area contributed by atoms with Gasteiger partial charge in [-0.1, -0.05) is 28.1 Å². The molecule has 0 aliphatic heterocycles. The van der Waals surface area contributed by atoms with Crippen LogP contribution >= 0.6 is 15.9 Å². The Morgan fingerprint density at radius 1 is 1.28 bits per heavy atom. The third kappa shape index (κ3) is 3.09. The van der Waals surface area contributed by atoms with E-state index in [0.717, 1.165) is 21.3 Å². The lowest BCUT2D eigenvalue weighted by Gasteiger charge is -2.13. The Bertz CT molecular complexity index is 531. The van der Waals surface area contributed by atoms with Gasteiger partial charge in [0.05, 0.1) is 18.8 Å². The third-order valence-corrected chi connectivity index (χ3v) is 3.11. The molecule has 0 saturated carbocycles. The minimum atomic E-state index is -0.199. The number of nitrogens with zero attached hydrogens (tertiary/aromatic N) is 1. The van der Waals surface area contributed by atoms with Gasteiger partial charge < -0.3 is 10.5 Å². The molecule has 94 valence electrons. The molecule has 0 radical (unpaired) electrons. The van der Waals surface area contributed by atoms with Crippen molar-refractivity contribution in [2.75, 3.05) is 6.61 Å². The average molecular weight is 307 g/mol. The van der Waals surface area contributed by atoms with Crippen molar-refractivity contribution in [3.63, 3.8) is 0 Å². The first-order valence-electron chi connectivity index (χ1n) is 5.79. The minimum Gasteiger partial charge on any atom is -0.492 e. The molecule has 2 aromatic rings. The summed E-state index contributed by atoms with van der Waals surface area (Å²) >= 11 is 3.45. The number of aromatic nitrogens is 1. The quantitative estimate of drug-likeness (QED) is 0.943. The van der Waals surface area contributed by atoms with Crippen LogP contribution in [0.2, 0.25) is 0 Å². The summed E-state index contributed by atoms with van der Waals surface area (Å²) in [6, 6.07) is 9.70. The summed E-state index contributed by atoms with van der Waals surface area (Å²) < 4.78 is 6.45. The molecule has 18 heavy (non-hydrogen) atoms. The molecule has 0 amide bonds. The van der Waals surface area contributed by atoms with Gasteiger partial charge in [0.2, 0.25) is 0 Å². The first-order valence-corrected chi connectivity index (χ1v) is 6.59. The molecule has 3 nitrogen and oxygen atoms in total. The Labute approximate surface area is 115 Å². The highest BCUT2D eigenvalue weighted by atomic mass is 79.9. The summed E-state index contributed by atoms with van der Waals surface area (Å²) in [4.78, 5) is 4.16. The van der Waals surface area contributed by atoms with Crippen LogP contribution in [0.3, 0.4) is 0 Å². The summed E-state index contributed by atoms with van der Waals surface area (Å²) in [7, 11) is 0. The predicted molar refractivity (Wildman–Crippen MR) is 75.6 cm³/mol. The van der Waals surface area contributed by atoms with Crippen molar-refractivity contribution < 1.29 is 4.74 Å². The standard InChI is InChI=1S/C14H15BrN2O/c1-2-18-13-7-11(8-17-9-13)14(16)10-4-3-5-12(15)6-10/h3-9,14H,2,16H2,1H3. The van der Waals surface area contributed by atoms with E-state index in [-0.39, 0.29) is 6.04 Å². The Balaban J connectivity index is 2.27. The second kappa shape index (κ2) is 5.98. The molecule has 1 aromatic carbocycles. The molecule has 2 rings (SSSR count). The Hall–Kier alpha value is -1.39. The minimum absolute atomic E-state index is 0.199. The van der Waals surface area contributed by atoms with Crippen LogP contribution in [0.15, 0.2) is 47.2 Å². The lowest BCUT2D eigenvalue weighted by atomic mass is 10.0. The summed E-state index contributed by atoms with van der Waals surface area (Å²) in [5, 5.41) is 0. The van der Waals surface area contributed by atoms with Crippen LogP contribution in [0.25, 0.3) is 0 Å². The van der Waals surface area contributed by atoms with Gasteiger partial charge >= 0.3 is 0 Å². The number of rotatable bonds is 4. The van der Waals surface area contributed by atoms with E-state index < -0.39 is 0 Å².